The zero-order valence-electron chi connectivity index (χ0n) is 21.2. The lowest BCUT2D eigenvalue weighted by Crippen LogP contribution is -2.47. The Kier molecular flexibility index (Phi) is 8.14. The minimum Gasteiger partial charge on any atom is -0.491 e. The summed E-state index contributed by atoms with van der Waals surface area (Å²) in [6, 6.07) is 5.57. The van der Waals surface area contributed by atoms with Gasteiger partial charge in [-0.15, -0.1) is 0 Å². The summed E-state index contributed by atoms with van der Waals surface area (Å²) in [4.78, 5) is 29.9. The number of benzene rings is 1. The number of nitrogens with zero attached hydrogens (tertiary/aromatic N) is 2. The van der Waals surface area contributed by atoms with Crippen LogP contribution in [0, 0.1) is 17.8 Å². The molecule has 34 heavy (non-hydrogen) atoms. The highest BCUT2D eigenvalue weighted by Crippen LogP contribution is 2.32. The second-order valence-corrected chi connectivity index (χ2v) is 10.7. The molecule has 0 aromatic heterocycles. The molecule has 1 aromatic carbocycles. The highest BCUT2D eigenvalue weighted by atomic mass is 16.5. The van der Waals surface area contributed by atoms with Crippen molar-refractivity contribution < 1.29 is 19.1 Å². The number of nitrogens with one attached hydrogen (secondary N) is 1. The maximum atomic E-state index is 13.3. The predicted molar refractivity (Wildman–Crippen MR) is 133 cm³/mol. The van der Waals surface area contributed by atoms with Crippen molar-refractivity contribution in [2.45, 2.75) is 64.5 Å². The summed E-state index contributed by atoms with van der Waals surface area (Å²) in [5.74, 6) is 1.62. The van der Waals surface area contributed by atoms with Crippen molar-refractivity contribution in [2.75, 3.05) is 45.7 Å². The third kappa shape index (κ3) is 6.11. The normalized spacial score (nSPS) is 27.5. The van der Waals surface area contributed by atoms with Crippen LogP contribution in [0.1, 0.15) is 62.7 Å². The third-order valence-corrected chi connectivity index (χ3v) is 7.76. The molecule has 0 spiro atoms. The molecule has 0 saturated heterocycles. The first-order valence-electron chi connectivity index (χ1n) is 13.0. The molecule has 3 atom stereocenters. The molecular formula is C27H41N3O4. The Labute approximate surface area is 204 Å². The van der Waals surface area contributed by atoms with E-state index in [1.54, 1.807) is 30.2 Å². The highest BCUT2D eigenvalue weighted by molar-refractivity contribution is 5.99. The number of methoxy groups -OCH3 is 1. The van der Waals surface area contributed by atoms with E-state index in [0.29, 0.717) is 30.2 Å². The van der Waals surface area contributed by atoms with Crippen LogP contribution in [0.5, 0.6) is 5.75 Å². The van der Waals surface area contributed by atoms with Crippen LogP contribution in [-0.4, -0.2) is 74.2 Å². The van der Waals surface area contributed by atoms with Gasteiger partial charge in [0.05, 0.1) is 11.7 Å². The lowest BCUT2D eigenvalue weighted by molar-refractivity contribution is -0.117. The number of hydrogen-bond acceptors (Lipinski definition) is 5. The van der Waals surface area contributed by atoms with Gasteiger partial charge in [-0.3, -0.25) is 14.5 Å². The number of rotatable bonds is 5. The van der Waals surface area contributed by atoms with Crippen LogP contribution in [-0.2, 0) is 9.53 Å². The van der Waals surface area contributed by atoms with Gasteiger partial charge < -0.3 is 19.7 Å². The van der Waals surface area contributed by atoms with E-state index in [-0.39, 0.29) is 35.8 Å². The first kappa shape index (κ1) is 25.0. The van der Waals surface area contributed by atoms with Crippen LogP contribution < -0.4 is 10.1 Å². The van der Waals surface area contributed by atoms with Gasteiger partial charge in [0.25, 0.3) is 5.91 Å². The lowest BCUT2D eigenvalue weighted by atomic mass is 9.99. The van der Waals surface area contributed by atoms with Crippen molar-refractivity contribution in [1.82, 2.24) is 9.80 Å². The summed E-state index contributed by atoms with van der Waals surface area (Å²) >= 11 is 0. The Hall–Kier alpha value is -2.12. The Bertz CT molecular complexity index is 865. The van der Waals surface area contributed by atoms with Crippen LogP contribution in [0.3, 0.4) is 0 Å². The summed E-state index contributed by atoms with van der Waals surface area (Å²) in [6.45, 7) is 7.41. The van der Waals surface area contributed by atoms with E-state index >= 15 is 0 Å². The molecule has 7 nitrogen and oxygen atoms in total. The Morgan fingerprint density at radius 2 is 1.88 bits per heavy atom. The van der Waals surface area contributed by atoms with Crippen LogP contribution in [0.25, 0.3) is 0 Å². The summed E-state index contributed by atoms with van der Waals surface area (Å²) < 4.78 is 12.2. The maximum absolute atomic E-state index is 13.3. The molecule has 1 aliphatic heterocycles. The molecular weight excluding hydrogens is 430 g/mol. The number of carbonyl (C=O) groups is 2. The van der Waals surface area contributed by atoms with Crippen molar-refractivity contribution in [1.29, 1.82) is 0 Å². The van der Waals surface area contributed by atoms with Gasteiger partial charge in [-0.1, -0.05) is 19.8 Å². The fourth-order valence-electron chi connectivity index (χ4n) is 5.29. The van der Waals surface area contributed by atoms with Gasteiger partial charge in [0.1, 0.15) is 12.4 Å². The molecule has 2 amide bonds. The quantitative estimate of drug-likeness (QED) is 0.702. The second kappa shape index (κ2) is 11.1. The van der Waals surface area contributed by atoms with Gasteiger partial charge in [-0.25, -0.2) is 0 Å². The number of anilines is 1. The summed E-state index contributed by atoms with van der Waals surface area (Å²) in [5, 5.41) is 2.98. The molecule has 0 radical (unpaired) electrons. The van der Waals surface area contributed by atoms with Crippen molar-refractivity contribution in [3.63, 3.8) is 0 Å². The minimum absolute atomic E-state index is 0.0459. The highest BCUT2D eigenvalue weighted by Gasteiger charge is 2.31. The summed E-state index contributed by atoms with van der Waals surface area (Å²) in [6.07, 6.45) is 7.11. The first-order valence-corrected chi connectivity index (χ1v) is 13.0. The third-order valence-electron chi connectivity index (χ3n) is 7.76. The van der Waals surface area contributed by atoms with Crippen molar-refractivity contribution in [2.24, 2.45) is 17.8 Å². The van der Waals surface area contributed by atoms with E-state index < -0.39 is 0 Å². The average Bonchev–Trinajstić information content (AvgIpc) is 3.56. The molecule has 188 valence electrons. The predicted octanol–water partition coefficient (Wildman–Crippen LogP) is 4.03. The van der Waals surface area contributed by atoms with Crippen molar-refractivity contribution in [3.05, 3.63) is 23.8 Å². The summed E-state index contributed by atoms with van der Waals surface area (Å²) in [7, 11) is 3.56. The fourth-order valence-corrected chi connectivity index (χ4v) is 5.29. The molecule has 7 heteroatoms. The van der Waals surface area contributed by atoms with Crippen molar-refractivity contribution >= 4 is 17.5 Å². The topological polar surface area (TPSA) is 71.1 Å². The zero-order valence-corrected chi connectivity index (χ0v) is 21.2. The molecule has 2 aliphatic carbocycles. The lowest BCUT2D eigenvalue weighted by Gasteiger charge is -2.37. The molecule has 1 heterocycles. The van der Waals surface area contributed by atoms with E-state index in [4.69, 9.17) is 9.47 Å². The van der Waals surface area contributed by atoms with Gasteiger partial charge in [0.2, 0.25) is 5.91 Å². The van der Waals surface area contributed by atoms with E-state index in [0.717, 1.165) is 31.8 Å². The number of carbonyl (C=O) groups excluding carboxylic acids is 2. The van der Waals surface area contributed by atoms with Gasteiger partial charge in [-0.2, -0.15) is 0 Å². The SMILES string of the molecule is CO[C@@H]1CN(C)C(=O)c2ccc(NC(=O)C3CC3)cc2OC[C@@H](C)N(CC2CCCC2)C[C@H]1C. The second-order valence-electron chi connectivity index (χ2n) is 10.7. The van der Waals surface area contributed by atoms with Crippen molar-refractivity contribution in [3.8, 4) is 5.75 Å². The molecule has 0 unspecified atom stereocenters. The monoisotopic (exact) mass is 471 g/mol. The minimum atomic E-state index is -0.0969. The van der Waals surface area contributed by atoms with E-state index in [9.17, 15) is 9.59 Å². The standard InChI is InChI=1S/C27H41N3O4/c1-18-14-30(15-20-7-5-6-8-20)19(2)17-34-24-13-22(28-26(31)21-9-10-21)11-12-23(24)27(32)29(3)16-25(18)33-4/h11-13,18-21,25H,5-10,14-17H2,1-4H3,(H,28,31)/t18-,19-,25-/m1/s1. The molecule has 3 aliphatic rings. The Morgan fingerprint density at radius 1 is 1.15 bits per heavy atom. The average molecular weight is 472 g/mol. The molecule has 2 saturated carbocycles. The number of likely N-dealkylation sites (N-methyl/N-ethyl adjacent to an activating group) is 1. The summed E-state index contributed by atoms with van der Waals surface area (Å²) in [5.41, 5.74) is 1.20. The van der Waals surface area contributed by atoms with E-state index in [1.807, 2.05) is 7.05 Å². The number of amides is 2. The maximum Gasteiger partial charge on any atom is 0.257 e. The first-order chi connectivity index (χ1) is 16.4. The van der Waals surface area contributed by atoms with Crippen LogP contribution in [0.2, 0.25) is 0 Å². The molecule has 1 N–H and O–H groups in total. The Morgan fingerprint density at radius 3 is 2.56 bits per heavy atom. The smallest absolute Gasteiger partial charge is 0.257 e. The van der Waals surface area contributed by atoms with Gasteiger partial charge in [0, 0.05) is 57.5 Å². The zero-order chi connectivity index (χ0) is 24.2. The molecule has 2 fully saturated rings. The number of fused-ring (bicyclic) bond motifs is 1. The van der Waals surface area contributed by atoms with E-state index in [1.165, 1.54) is 25.7 Å². The molecule has 0 bridgehead atoms. The van der Waals surface area contributed by atoms with Crippen LogP contribution in [0.15, 0.2) is 18.2 Å². The van der Waals surface area contributed by atoms with Gasteiger partial charge >= 0.3 is 0 Å². The molecule has 1 aromatic rings. The van der Waals surface area contributed by atoms with Gasteiger partial charge in [-0.05, 0) is 56.6 Å². The van der Waals surface area contributed by atoms with Gasteiger partial charge in [0.15, 0.2) is 0 Å². The number of hydrogen-bond donors (Lipinski definition) is 1. The largest absolute Gasteiger partial charge is 0.491 e. The van der Waals surface area contributed by atoms with Crippen LogP contribution >= 0.6 is 0 Å². The van der Waals surface area contributed by atoms with Crippen LogP contribution in [0.4, 0.5) is 5.69 Å². The Balaban J connectivity index is 1.59. The number of ether oxygens (including phenoxy) is 2. The fraction of sp³-hybridized carbons (Fsp3) is 0.704. The van der Waals surface area contributed by atoms with E-state index in [2.05, 4.69) is 24.1 Å². The molecule has 4 rings (SSSR count).